The van der Waals surface area contributed by atoms with E-state index in [0.717, 1.165) is 32.1 Å². The third-order valence-corrected chi connectivity index (χ3v) is 4.05. The van der Waals surface area contributed by atoms with Gasteiger partial charge in [0, 0.05) is 6.42 Å². The molecule has 2 atom stereocenters. The lowest BCUT2D eigenvalue weighted by Gasteiger charge is -2.14. The van der Waals surface area contributed by atoms with Gasteiger partial charge in [0.2, 0.25) is 0 Å². The fourth-order valence-corrected chi connectivity index (χ4v) is 2.27. The largest absolute Gasteiger partial charge is 0.465 e. The third-order valence-electron chi connectivity index (χ3n) is 3.87. The van der Waals surface area contributed by atoms with Gasteiger partial charge in [0.1, 0.15) is 5.38 Å². The van der Waals surface area contributed by atoms with Gasteiger partial charge in [0.05, 0.1) is 13.2 Å². The molecule has 0 heterocycles. The average Bonchev–Trinajstić information content (AvgIpc) is 2.53. The number of ether oxygens (including phenoxy) is 2. The number of alkyl halides is 1. The summed E-state index contributed by atoms with van der Waals surface area (Å²) in [6.45, 7) is 6.84. The van der Waals surface area contributed by atoms with E-state index in [1.807, 2.05) is 0 Å². The zero-order valence-corrected chi connectivity index (χ0v) is 15.7. The average molecular weight is 349 g/mol. The lowest BCUT2D eigenvalue weighted by molar-refractivity contribution is -0.146. The number of carbonyl (C=O) groups is 2. The van der Waals surface area contributed by atoms with Gasteiger partial charge in [0.15, 0.2) is 0 Å². The van der Waals surface area contributed by atoms with Crippen LogP contribution in [-0.2, 0) is 19.1 Å². The number of hydrogen-bond donors (Lipinski definition) is 0. The predicted octanol–water partition coefficient (Wildman–Crippen LogP) is 4.87. The summed E-state index contributed by atoms with van der Waals surface area (Å²) in [6, 6.07) is 0. The normalized spacial score (nSPS) is 13.4. The van der Waals surface area contributed by atoms with E-state index in [-0.39, 0.29) is 11.9 Å². The van der Waals surface area contributed by atoms with Crippen LogP contribution in [0.1, 0.15) is 78.6 Å². The summed E-state index contributed by atoms with van der Waals surface area (Å²) >= 11 is 5.59. The van der Waals surface area contributed by atoms with Crippen molar-refractivity contribution in [2.45, 2.75) is 83.9 Å². The molecule has 0 bridgehead atoms. The molecule has 0 aliphatic rings. The van der Waals surface area contributed by atoms with Crippen molar-refractivity contribution in [3.8, 4) is 0 Å². The first-order chi connectivity index (χ1) is 11.0. The number of carbonyl (C=O) groups excluding carboxylic acids is 2. The van der Waals surface area contributed by atoms with Crippen molar-refractivity contribution in [1.29, 1.82) is 0 Å². The molecule has 4 nitrogen and oxygen atoms in total. The van der Waals surface area contributed by atoms with Crippen LogP contribution in [0.4, 0.5) is 0 Å². The smallest absolute Gasteiger partial charge is 0.323 e. The van der Waals surface area contributed by atoms with Crippen LogP contribution in [0.5, 0.6) is 0 Å². The molecular formula is C18H33ClO4. The zero-order chi connectivity index (χ0) is 17.5. The minimum absolute atomic E-state index is 0.120. The van der Waals surface area contributed by atoms with E-state index in [9.17, 15) is 9.59 Å². The Bertz CT molecular complexity index is 318. The molecule has 0 aliphatic carbocycles. The molecule has 23 heavy (non-hydrogen) atoms. The van der Waals surface area contributed by atoms with Crippen molar-refractivity contribution >= 4 is 23.5 Å². The van der Waals surface area contributed by atoms with Crippen LogP contribution in [0.25, 0.3) is 0 Å². The first-order valence-corrected chi connectivity index (χ1v) is 9.41. The Morgan fingerprint density at radius 2 is 1.74 bits per heavy atom. The van der Waals surface area contributed by atoms with Crippen molar-refractivity contribution in [2.75, 3.05) is 13.2 Å². The van der Waals surface area contributed by atoms with Gasteiger partial charge < -0.3 is 9.47 Å². The minimum Gasteiger partial charge on any atom is -0.465 e. The van der Waals surface area contributed by atoms with E-state index in [4.69, 9.17) is 21.1 Å². The summed E-state index contributed by atoms with van der Waals surface area (Å²) in [5.41, 5.74) is 0. The summed E-state index contributed by atoms with van der Waals surface area (Å²) in [5, 5.41) is -0.603. The van der Waals surface area contributed by atoms with E-state index < -0.39 is 5.38 Å². The van der Waals surface area contributed by atoms with Crippen molar-refractivity contribution in [3.05, 3.63) is 0 Å². The molecular weight excluding hydrogens is 316 g/mol. The molecule has 0 aliphatic heterocycles. The lowest BCUT2D eigenvalue weighted by Crippen LogP contribution is -2.15. The highest BCUT2D eigenvalue weighted by molar-refractivity contribution is 6.29. The second-order valence-corrected chi connectivity index (χ2v) is 6.70. The van der Waals surface area contributed by atoms with Crippen LogP contribution in [0.3, 0.4) is 0 Å². The number of esters is 2. The van der Waals surface area contributed by atoms with Gasteiger partial charge in [-0.2, -0.15) is 0 Å². The second kappa shape index (κ2) is 14.8. The monoisotopic (exact) mass is 348 g/mol. The van der Waals surface area contributed by atoms with Crippen LogP contribution in [0.2, 0.25) is 0 Å². The van der Waals surface area contributed by atoms with E-state index in [1.165, 1.54) is 19.3 Å². The fourth-order valence-electron chi connectivity index (χ4n) is 2.21. The maximum atomic E-state index is 11.7. The van der Waals surface area contributed by atoms with Crippen LogP contribution in [-0.4, -0.2) is 30.5 Å². The molecule has 2 unspecified atom stereocenters. The number of unbranched alkanes of at least 4 members (excludes halogenated alkanes) is 4. The number of halogens is 1. The van der Waals surface area contributed by atoms with E-state index >= 15 is 0 Å². The van der Waals surface area contributed by atoms with Gasteiger partial charge in [0.25, 0.3) is 0 Å². The molecule has 0 amide bonds. The Morgan fingerprint density at radius 3 is 2.35 bits per heavy atom. The summed E-state index contributed by atoms with van der Waals surface area (Å²) in [7, 11) is 0. The van der Waals surface area contributed by atoms with Crippen molar-refractivity contribution in [3.63, 3.8) is 0 Å². The zero-order valence-electron chi connectivity index (χ0n) is 14.9. The summed E-state index contributed by atoms with van der Waals surface area (Å²) < 4.78 is 10.3. The van der Waals surface area contributed by atoms with Crippen molar-refractivity contribution in [1.82, 2.24) is 0 Å². The van der Waals surface area contributed by atoms with Crippen LogP contribution >= 0.6 is 11.6 Å². The molecule has 0 aromatic heterocycles. The Kier molecular flexibility index (Phi) is 14.3. The summed E-state index contributed by atoms with van der Waals surface area (Å²) in [4.78, 5) is 22.8. The standard InChI is InChI=1S/C18H33ClO4/c1-4-6-8-11-16(5-2)14-23-17(20)12-9-7-10-13-22-18(21)15(3)19/h15-16H,4-14H2,1-3H3. The number of rotatable bonds is 14. The maximum absolute atomic E-state index is 11.7. The first-order valence-electron chi connectivity index (χ1n) is 8.97. The van der Waals surface area contributed by atoms with Gasteiger partial charge in [-0.3, -0.25) is 9.59 Å². The fraction of sp³-hybridized carbons (Fsp3) is 0.889. The maximum Gasteiger partial charge on any atom is 0.323 e. The first kappa shape index (κ1) is 22.2. The highest BCUT2D eigenvalue weighted by atomic mass is 35.5. The quantitative estimate of drug-likeness (QED) is 0.255. The molecule has 0 aromatic rings. The van der Waals surface area contributed by atoms with Gasteiger partial charge in [-0.15, -0.1) is 11.6 Å². The topological polar surface area (TPSA) is 52.6 Å². The van der Waals surface area contributed by atoms with Crippen LogP contribution in [0.15, 0.2) is 0 Å². The lowest BCUT2D eigenvalue weighted by atomic mass is 10.00. The molecule has 0 aromatic carbocycles. The Morgan fingerprint density at radius 1 is 1.00 bits per heavy atom. The summed E-state index contributed by atoms with van der Waals surface area (Å²) in [6.07, 6.45) is 8.66. The molecule has 0 saturated heterocycles. The van der Waals surface area contributed by atoms with Crippen molar-refractivity contribution in [2.24, 2.45) is 5.92 Å². The Hall–Kier alpha value is -0.770. The van der Waals surface area contributed by atoms with E-state index in [0.29, 0.717) is 25.6 Å². The SMILES string of the molecule is CCCCCC(CC)COC(=O)CCCCCOC(=O)C(C)Cl. The van der Waals surface area contributed by atoms with Gasteiger partial charge in [-0.05, 0) is 38.5 Å². The molecule has 136 valence electrons. The highest BCUT2D eigenvalue weighted by Gasteiger charge is 2.11. The Labute approximate surface area is 146 Å². The Balaban J connectivity index is 3.57. The second-order valence-electron chi connectivity index (χ2n) is 6.05. The molecule has 0 rings (SSSR count). The van der Waals surface area contributed by atoms with Crippen LogP contribution in [0, 0.1) is 5.92 Å². The van der Waals surface area contributed by atoms with E-state index in [2.05, 4.69) is 13.8 Å². The molecule has 0 N–H and O–H groups in total. The third kappa shape index (κ3) is 13.4. The molecule has 0 fully saturated rings. The molecule has 0 spiro atoms. The number of hydrogen-bond acceptors (Lipinski definition) is 4. The predicted molar refractivity (Wildman–Crippen MR) is 93.6 cm³/mol. The molecule has 0 saturated carbocycles. The highest BCUT2D eigenvalue weighted by Crippen LogP contribution is 2.14. The minimum atomic E-state index is -0.603. The summed E-state index contributed by atoms with van der Waals surface area (Å²) in [5.74, 6) is -0.0208. The molecule has 0 radical (unpaired) electrons. The van der Waals surface area contributed by atoms with Crippen molar-refractivity contribution < 1.29 is 19.1 Å². The van der Waals surface area contributed by atoms with Crippen LogP contribution < -0.4 is 0 Å². The van der Waals surface area contributed by atoms with Gasteiger partial charge in [-0.25, -0.2) is 0 Å². The van der Waals surface area contributed by atoms with Gasteiger partial charge in [-0.1, -0.05) is 39.5 Å². The van der Waals surface area contributed by atoms with E-state index in [1.54, 1.807) is 6.92 Å². The molecule has 5 heteroatoms. The van der Waals surface area contributed by atoms with Gasteiger partial charge >= 0.3 is 11.9 Å².